The number of aliphatic hydroxyl groups excluding tert-OH is 2. The van der Waals surface area contributed by atoms with Crippen LogP contribution in [-0.4, -0.2) is 71.3 Å². The summed E-state index contributed by atoms with van der Waals surface area (Å²) >= 11 is 0. The van der Waals surface area contributed by atoms with Crippen LogP contribution >= 0.6 is 0 Å². The highest BCUT2D eigenvalue weighted by Gasteiger charge is 2.54. The first-order chi connectivity index (χ1) is 25.7. The first kappa shape index (κ1) is 36.7. The van der Waals surface area contributed by atoms with Gasteiger partial charge in [-0.2, -0.15) is 4.98 Å². The second kappa shape index (κ2) is 16.1. The molecule has 1 aliphatic rings. The number of hydrogen-bond acceptors (Lipinski definition) is 10. The molecule has 0 aliphatic carbocycles. The predicted octanol–water partition coefficient (Wildman–Crippen LogP) is 4.74. The van der Waals surface area contributed by atoms with Gasteiger partial charge in [0.05, 0.1) is 32.8 Å². The normalized spacial score (nSPS) is 17.6. The number of methoxy groups -OCH3 is 3. The molecule has 5 aromatic rings. The van der Waals surface area contributed by atoms with Crippen molar-refractivity contribution >= 4 is 23.8 Å². The van der Waals surface area contributed by atoms with Crippen molar-refractivity contribution in [3.8, 4) is 11.5 Å². The molecule has 1 unspecified atom stereocenters. The quantitative estimate of drug-likeness (QED) is 0.0935. The maximum atomic E-state index is 13.6. The molecule has 0 radical (unpaired) electrons. The maximum Gasteiger partial charge on any atom is 0.351 e. The van der Waals surface area contributed by atoms with Crippen molar-refractivity contribution in [2.75, 3.05) is 26.6 Å². The topological polar surface area (TPSA) is 158 Å². The summed E-state index contributed by atoms with van der Waals surface area (Å²) in [6.45, 7) is 0. The number of ether oxygens (including phenoxy) is 4. The molecule has 0 spiro atoms. The Hall–Kier alpha value is -6.08. The molecule has 0 bridgehead atoms. The molecule has 53 heavy (non-hydrogen) atoms. The third-order valence-electron chi connectivity index (χ3n) is 9.34. The number of rotatable bonds is 12. The lowest BCUT2D eigenvalue weighted by molar-refractivity contribution is -0.134. The summed E-state index contributed by atoms with van der Waals surface area (Å²) in [7, 11) is 4.30. The van der Waals surface area contributed by atoms with Gasteiger partial charge in [-0.25, -0.2) is 9.59 Å². The van der Waals surface area contributed by atoms with Crippen LogP contribution in [0.2, 0.25) is 0 Å². The number of aliphatic hydroxyl groups is 2. The molecule has 4 aromatic carbocycles. The Morgan fingerprint density at radius 2 is 1.45 bits per heavy atom. The van der Waals surface area contributed by atoms with Gasteiger partial charge in [0.15, 0.2) is 0 Å². The SMILES string of the molecule is COC(=O)/C=C/c1cn([C@H]2C[C@H](O)[C@@H](C(O)C(c3ccccc3)(c3ccccc3OC)c3ccccc3OC)O2)c(=O)nc1NC(=O)c1ccccc1. The van der Waals surface area contributed by atoms with E-state index in [1.165, 1.54) is 33.6 Å². The molecular formula is C41H39N3O9. The van der Waals surface area contributed by atoms with Crippen molar-refractivity contribution in [2.24, 2.45) is 0 Å². The largest absolute Gasteiger partial charge is 0.496 e. The first-order valence-corrected chi connectivity index (χ1v) is 16.8. The monoisotopic (exact) mass is 717 g/mol. The van der Waals surface area contributed by atoms with E-state index in [1.54, 1.807) is 42.5 Å². The standard InChI is InChI=1S/C41H39N3O9/c1-50-32-20-12-10-18-29(32)41(28-16-8-5-9-17-28,30-19-11-13-21-33(30)51-2)37(47)36-31(45)24-34(53-36)44-25-27(22-23-35(46)52-3)38(43-40(44)49)42-39(48)26-14-6-4-7-15-26/h4-23,25,31,34,36-37,45,47H,24H2,1-3H3,(H,42,43,48,49)/b23-22+/t31-,34+,36-,37?/m0/s1. The van der Waals surface area contributed by atoms with E-state index < -0.39 is 47.5 Å². The lowest BCUT2D eigenvalue weighted by Gasteiger charge is -2.43. The average molecular weight is 718 g/mol. The Balaban J connectivity index is 1.46. The molecular weight excluding hydrogens is 678 g/mol. The highest BCUT2D eigenvalue weighted by molar-refractivity contribution is 6.04. The van der Waals surface area contributed by atoms with Crippen molar-refractivity contribution in [1.29, 1.82) is 0 Å². The number of carbonyl (C=O) groups excluding carboxylic acids is 2. The molecule has 2 heterocycles. The zero-order valence-corrected chi connectivity index (χ0v) is 29.3. The molecule has 1 aromatic heterocycles. The van der Waals surface area contributed by atoms with Gasteiger partial charge >= 0.3 is 11.7 Å². The van der Waals surface area contributed by atoms with Crippen LogP contribution in [0.1, 0.15) is 45.3 Å². The molecule has 1 saturated heterocycles. The molecule has 3 N–H and O–H groups in total. The Morgan fingerprint density at radius 3 is 2.04 bits per heavy atom. The van der Waals surface area contributed by atoms with Gasteiger partial charge in [0.2, 0.25) is 0 Å². The van der Waals surface area contributed by atoms with Crippen LogP contribution in [0.4, 0.5) is 5.82 Å². The number of nitrogens with one attached hydrogen (secondary N) is 1. The zero-order chi connectivity index (χ0) is 37.5. The minimum Gasteiger partial charge on any atom is -0.496 e. The lowest BCUT2D eigenvalue weighted by atomic mass is 9.63. The first-order valence-electron chi connectivity index (χ1n) is 16.8. The summed E-state index contributed by atoms with van der Waals surface area (Å²) in [6, 6.07) is 32.2. The van der Waals surface area contributed by atoms with Crippen molar-refractivity contribution in [1.82, 2.24) is 9.55 Å². The fourth-order valence-corrected chi connectivity index (χ4v) is 6.87. The third-order valence-corrected chi connectivity index (χ3v) is 9.34. The summed E-state index contributed by atoms with van der Waals surface area (Å²) in [5.41, 5.74) is 0.0862. The fourth-order valence-electron chi connectivity index (χ4n) is 6.87. The highest BCUT2D eigenvalue weighted by Crippen LogP contribution is 2.51. The fraction of sp³-hybridized carbons (Fsp3) is 0.220. The van der Waals surface area contributed by atoms with Crippen LogP contribution in [0.25, 0.3) is 6.08 Å². The smallest absolute Gasteiger partial charge is 0.351 e. The van der Waals surface area contributed by atoms with Gasteiger partial charge in [0.25, 0.3) is 5.91 Å². The van der Waals surface area contributed by atoms with Gasteiger partial charge < -0.3 is 34.5 Å². The van der Waals surface area contributed by atoms with E-state index in [2.05, 4.69) is 10.3 Å². The van der Waals surface area contributed by atoms with E-state index in [4.69, 9.17) is 18.9 Å². The summed E-state index contributed by atoms with van der Waals surface area (Å²) in [6.07, 6.45) is -1.43. The van der Waals surface area contributed by atoms with E-state index in [0.717, 1.165) is 10.6 Å². The molecule has 1 amide bonds. The number of anilines is 1. The van der Waals surface area contributed by atoms with Gasteiger partial charge in [0.1, 0.15) is 35.8 Å². The number of benzene rings is 4. The molecule has 0 saturated carbocycles. The van der Waals surface area contributed by atoms with Crippen LogP contribution in [0.3, 0.4) is 0 Å². The summed E-state index contributed by atoms with van der Waals surface area (Å²) in [5, 5.41) is 27.2. The van der Waals surface area contributed by atoms with Gasteiger partial charge in [-0.3, -0.25) is 9.36 Å². The zero-order valence-electron chi connectivity index (χ0n) is 29.3. The van der Waals surface area contributed by atoms with Crippen LogP contribution < -0.4 is 20.5 Å². The number of aromatic nitrogens is 2. The van der Waals surface area contributed by atoms with E-state index >= 15 is 0 Å². The van der Waals surface area contributed by atoms with Crippen LogP contribution in [-0.2, 0) is 19.7 Å². The minimum absolute atomic E-state index is 0.106. The Kier molecular flexibility index (Phi) is 11.1. The molecule has 12 heteroatoms. The average Bonchev–Trinajstić information content (AvgIpc) is 3.59. The second-order valence-corrected chi connectivity index (χ2v) is 12.3. The van der Waals surface area contributed by atoms with Crippen molar-refractivity contribution in [2.45, 2.75) is 36.4 Å². The molecule has 272 valence electrons. The van der Waals surface area contributed by atoms with E-state index in [-0.39, 0.29) is 17.8 Å². The number of amides is 1. The molecule has 1 fully saturated rings. The van der Waals surface area contributed by atoms with Gasteiger partial charge in [-0.15, -0.1) is 0 Å². The molecule has 6 rings (SSSR count). The van der Waals surface area contributed by atoms with Crippen molar-refractivity contribution < 1.29 is 38.7 Å². The van der Waals surface area contributed by atoms with Gasteiger partial charge in [0, 0.05) is 40.9 Å². The molecule has 12 nitrogen and oxygen atoms in total. The lowest BCUT2D eigenvalue weighted by Crippen LogP contribution is -2.51. The number of para-hydroxylation sites is 2. The Morgan fingerprint density at radius 1 is 0.887 bits per heavy atom. The summed E-state index contributed by atoms with van der Waals surface area (Å²) < 4.78 is 24.1. The van der Waals surface area contributed by atoms with E-state index in [0.29, 0.717) is 33.8 Å². The maximum absolute atomic E-state index is 13.6. The van der Waals surface area contributed by atoms with Gasteiger partial charge in [-0.05, 0) is 35.9 Å². The Labute approximate surface area is 305 Å². The van der Waals surface area contributed by atoms with Crippen molar-refractivity contribution in [3.05, 3.63) is 160 Å². The third kappa shape index (κ3) is 7.20. The predicted molar refractivity (Wildman–Crippen MR) is 197 cm³/mol. The molecule has 4 atom stereocenters. The van der Waals surface area contributed by atoms with Crippen LogP contribution in [0, 0.1) is 0 Å². The highest BCUT2D eigenvalue weighted by atomic mass is 16.5. The number of esters is 1. The second-order valence-electron chi connectivity index (χ2n) is 12.3. The minimum atomic E-state index is -1.50. The van der Waals surface area contributed by atoms with Crippen LogP contribution in [0.15, 0.2) is 126 Å². The molecule has 1 aliphatic heterocycles. The van der Waals surface area contributed by atoms with Crippen LogP contribution in [0.5, 0.6) is 11.5 Å². The summed E-state index contributed by atoms with van der Waals surface area (Å²) in [5.74, 6) is -0.361. The number of carbonyl (C=O) groups is 2. The van der Waals surface area contributed by atoms with E-state index in [9.17, 15) is 24.6 Å². The Bertz CT molecular complexity index is 2110. The summed E-state index contributed by atoms with van der Waals surface area (Å²) in [4.78, 5) is 42.9. The van der Waals surface area contributed by atoms with Crippen molar-refractivity contribution in [3.63, 3.8) is 0 Å². The van der Waals surface area contributed by atoms with Gasteiger partial charge in [-0.1, -0.05) is 84.9 Å². The van der Waals surface area contributed by atoms with E-state index in [1.807, 2.05) is 66.7 Å². The number of hydrogen-bond donors (Lipinski definition) is 3. The number of nitrogens with zero attached hydrogens (tertiary/aromatic N) is 2.